The fraction of sp³-hybridized carbons (Fsp3) is 0.286. The van der Waals surface area contributed by atoms with Crippen molar-refractivity contribution in [3.63, 3.8) is 0 Å². The Hall–Kier alpha value is -2.50. The topological polar surface area (TPSA) is 75.7 Å². The van der Waals surface area contributed by atoms with Gasteiger partial charge in [-0.05, 0) is 31.2 Å². The van der Waals surface area contributed by atoms with Gasteiger partial charge in [0, 0.05) is 13.2 Å². The summed E-state index contributed by atoms with van der Waals surface area (Å²) in [6.45, 7) is 1.94. The molecule has 0 fully saturated rings. The average molecular weight is 276 g/mol. The number of carboxylic acid groups (broad SMARTS) is 1. The number of nitrogens with zero attached hydrogens (tertiary/aromatic N) is 2. The summed E-state index contributed by atoms with van der Waals surface area (Å²) in [6.07, 6.45) is 1.58. The zero-order chi connectivity index (χ0) is 14.7. The van der Waals surface area contributed by atoms with E-state index in [0.29, 0.717) is 18.0 Å². The van der Waals surface area contributed by atoms with Crippen LogP contribution in [0.1, 0.15) is 22.0 Å². The number of aromatic nitrogens is 1. The van der Waals surface area contributed by atoms with Crippen LogP contribution < -0.4 is 0 Å². The molecule has 6 nitrogen and oxygen atoms in total. The molecule has 20 heavy (non-hydrogen) atoms. The molecule has 0 unspecified atom stereocenters. The van der Waals surface area contributed by atoms with Gasteiger partial charge < -0.3 is 19.0 Å². The van der Waals surface area contributed by atoms with Gasteiger partial charge in [-0.15, -0.1) is 0 Å². The lowest BCUT2D eigenvalue weighted by atomic mass is 10.3. The number of amides is 1. The summed E-state index contributed by atoms with van der Waals surface area (Å²) in [5.41, 5.74) is 0.346. The predicted octanol–water partition coefficient (Wildman–Crippen LogP) is 1.75. The molecule has 0 bridgehead atoms. The number of aryl methyl sites for hydroxylation is 1. The number of hydrogen-bond acceptors (Lipinski definition) is 3. The average Bonchev–Trinajstić information content (AvgIpc) is 2.97. The molecule has 0 saturated carbocycles. The van der Waals surface area contributed by atoms with E-state index in [0.717, 1.165) is 5.76 Å². The summed E-state index contributed by atoms with van der Waals surface area (Å²) < 4.78 is 6.83. The molecule has 0 aromatic carbocycles. The Balaban J connectivity index is 2.10. The van der Waals surface area contributed by atoms with Gasteiger partial charge in [0.05, 0.1) is 6.54 Å². The van der Waals surface area contributed by atoms with E-state index >= 15 is 0 Å². The highest BCUT2D eigenvalue weighted by Crippen LogP contribution is 2.12. The Morgan fingerprint density at radius 3 is 2.70 bits per heavy atom. The van der Waals surface area contributed by atoms with Crippen LogP contribution >= 0.6 is 0 Å². The van der Waals surface area contributed by atoms with Gasteiger partial charge in [-0.2, -0.15) is 0 Å². The number of aliphatic carboxylic acids is 1. The van der Waals surface area contributed by atoms with E-state index in [2.05, 4.69) is 0 Å². The van der Waals surface area contributed by atoms with Gasteiger partial charge in [-0.3, -0.25) is 9.59 Å². The Morgan fingerprint density at radius 1 is 1.35 bits per heavy atom. The number of carboxylic acids is 1. The summed E-state index contributed by atoms with van der Waals surface area (Å²) in [5.74, 6) is 0.245. The van der Waals surface area contributed by atoms with E-state index in [4.69, 9.17) is 9.52 Å². The fourth-order valence-electron chi connectivity index (χ4n) is 1.96. The maximum absolute atomic E-state index is 12.3. The van der Waals surface area contributed by atoms with Crippen LogP contribution in [0, 0.1) is 6.92 Å². The van der Waals surface area contributed by atoms with Crippen molar-refractivity contribution in [3.05, 3.63) is 47.7 Å². The van der Waals surface area contributed by atoms with Crippen molar-refractivity contribution in [1.82, 2.24) is 9.47 Å². The maximum atomic E-state index is 12.3. The minimum absolute atomic E-state index is 0.234. The Bertz CT molecular complexity index is 627. The first-order valence-electron chi connectivity index (χ1n) is 6.15. The molecule has 6 heteroatoms. The number of carbonyl (C=O) groups excluding carboxylic acids is 1. The second-order valence-corrected chi connectivity index (χ2v) is 4.59. The molecule has 0 atom stereocenters. The van der Waals surface area contributed by atoms with E-state index in [9.17, 15) is 9.59 Å². The van der Waals surface area contributed by atoms with Crippen LogP contribution in [0.3, 0.4) is 0 Å². The quantitative estimate of drug-likeness (QED) is 0.902. The largest absolute Gasteiger partial charge is 0.480 e. The van der Waals surface area contributed by atoms with Crippen LogP contribution in [0.2, 0.25) is 0 Å². The lowest BCUT2D eigenvalue weighted by Crippen LogP contribution is -2.28. The highest BCUT2D eigenvalue weighted by Gasteiger charge is 2.17. The fourth-order valence-corrected chi connectivity index (χ4v) is 1.96. The molecule has 1 amide bonds. The van der Waals surface area contributed by atoms with Gasteiger partial charge in [-0.25, -0.2) is 0 Å². The lowest BCUT2D eigenvalue weighted by Gasteiger charge is -2.16. The third-order valence-electron chi connectivity index (χ3n) is 2.89. The summed E-state index contributed by atoms with van der Waals surface area (Å²) in [6, 6.07) is 6.91. The van der Waals surface area contributed by atoms with Crippen LogP contribution in [0.15, 0.2) is 34.9 Å². The maximum Gasteiger partial charge on any atom is 0.323 e. The van der Waals surface area contributed by atoms with Crippen molar-refractivity contribution < 1.29 is 19.1 Å². The molecular weight excluding hydrogens is 260 g/mol. The number of hydrogen-bond donors (Lipinski definition) is 1. The summed E-state index contributed by atoms with van der Waals surface area (Å²) >= 11 is 0. The van der Waals surface area contributed by atoms with Gasteiger partial charge in [0.1, 0.15) is 23.8 Å². The van der Waals surface area contributed by atoms with Gasteiger partial charge in [-0.1, -0.05) is 0 Å². The van der Waals surface area contributed by atoms with Gasteiger partial charge in [0.25, 0.3) is 5.91 Å². The summed E-state index contributed by atoms with van der Waals surface area (Å²) in [5, 5.41) is 8.81. The summed E-state index contributed by atoms with van der Waals surface area (Å²) in [4.78, 5) is 24.5. The number of rotatable bonds is 5. The number of carbonyl (C=O) groups is 2. The van der Waals surface area contributed by atoms with E-state index in [1.165, 1.54) is 9.47 Å². The van der Waals surface area contributed by atoms with Crippen LogP contribution in [0.25, 0.3) is 0 Å². The first-order chi connectivity index (χ1) is 9.47. The Kier molecular flexibility index (Phi) is 3.93. The Labute approximate surface area is 116 Å². The third-order valence-corrected chi connectivity index (χ3v) is 2.89. The van der Waals surface area contributed by atoms with E-state index < -0.39 is 5.97 Å². The minimum Gasteiger partial charge on any atom is -0.480 e. The normalized spacial score (nSPS) is 10.5. The molecule has 0 radical (unpaired) electrons. The van der Waals surface area contributed by atoms with E-state index in [1.54, 1.807) is 25.4 Å². The molecule has 2 heterocycles. The highest BCUT2D eigenvalue weighted by molar-refractivity contribution is 5.92. The van der Waals surface area contributed by atoms with Crippen LogP contribution in [0.5, 0.6) is 0 Å². The smallest absolute Gasteiger partial charge is 0.323 e. The summed E-state index contributed by atoms with van der Waals surface area (Å²) in [7, 11) is 1.65. The van der Waals surface area contributed by atoms with Crippen molar-refractivity contribution in [3.8, 4) is 0 Å². The number of furan rings is 1. The third kappa shape index (κ3) is 3.09. The molecule has 0 aliphatic rings. The van der Waals surface area contributed by atoms with E-state index in [1.807, 2.05) is 19.1 Å². The minimum atomic E-state index is -0.987. The van der Waals surface area contributed by atoms with Gasteiger partial charge >= 0.3 is 5.97 Å². The molecule has 2 aromatic rings. The first-order valence-corrected chi connectivity index (χ1v) is 6.15. The zero-order valence-corrected chi connectivity index (χ0v) is 11.4. The van der Waals surface area contributed by atoms with Crippen LogP contribution in [-0.4, -0.2) is 33.5 Å². The zero-order valence-electron chi connectivity index (χ0n) is 11.4. The van der Waals surface area contributed by atoms with Crippen molar-refractivity contribution in [1.29, 1.82) is 0 Å². The van der Waals surface area contributed by atoms with Crippen molar-refractivity contribution in [2.45, 2.75) is 20.0 Å². The SMILES string of the molecule is Cc1ccc(CN(C)C(=O)c2cccn2CC(=O)O)o1. The van der Waals surface area contributed by atoms with Crippen molar-refractivity contribution in [2.75, 3.05) is 7.05 Å². The molecule has 0 spiro atoms. The molecule has 106 valence electrons. The lowest BCUT2D eigenvalue weighted by molar-refractivity contribution is -0.137. The van der Waals surface area contributed by atoms with Crippen molar-refractivity contribution in [2.24, 2.45) is 0 Å². The van der Waals surface area contributed by atoms with Crippen LogP contribution in [0.4, 0.5) is 0 Å². The molecule has 0 aliphatic carbocycles. The molecular formula is C14H16N2O4. The van der Waals surface area contributed by atoms with Crippen molar-refractivity contribution >= 4 is 11.9 Å². The predicted molar refractivity (Wildman–Crippen MR) is 71.3 cm³/mol. The molecule has 0 aliphatic heterocycles. The monoisotopic (exact) mass is 276 g/mol. The van der Waals surface area contributed by atoms with Crippen LogP contribution in [-0.2, 0) is 17.9 Å². The van der Waals surface area contributed by atoms with E-state index in [-0.39, 0.29) is 12.5 Å². The highest BCUT2D eigenvalue weighted by atomic mass is 16.4. The molecule has 0 saturated heterocycles. The van der Waals surface area contributed by atoms with Gasteiger partial charge in [0.15, 0.2) is 0 Å². The second kappa shape index (κ2) is 5.64. The standard InChI is InChI=1S/C14H16N2O4/c1-10-5-6-11(20-10)8-15(2)14(19)12-4-3-7-16(12)9-13(17)18/h3-7H,8-9H2,1-2H3,(H,17,18). The molecule has 2 rings (SSSR count). The molecule has 1 N–H and O–H groups in total. The molecule has 2 aromatic heterocycles. The van der Waals surface area contributed by atoms with Gasteiger partial charge in [0.2, 0.25) is 0 Å². The first kappa shape index (κ1) is 13.9. The Morgan fingerprint density at radius 2 is 2.10 bits per heavy atom. The second-order valence-electron chi connectivity index (χ2n) is 4.59.